The van der Waals surface area contributed by atoms with Gasteiger partial charge in [-0.05, 0) is 47.2 Å². The highest BCUT2D eigenvalue weighted by atomic mass is 79.9. The van der Waals surface area contributed by atoms with Gasteiger partial charge < -0.3 is 10.3 Å². The van der Waals surface area contributed by atoms with Crippen molar-refractivity contribution in [2.24, 2.45) is 5.92 Å². The van der Waals surface area contributed by atoms with Gasteiger partial charge in [0.25, 0.3) is 0 Å². The van der Waals surface area contributed by atoms with E-state index < -0.39 is 0 Å². The summed E-state index contributed by atoms with van der Waals surface area (Å²) in [5, 5.41) is 0. The van der Waals surface area contributed by atoms with Crippen LogP contribution in [0.2, 0.25) is 0 Å². The molecule has 2 atom stereocenters. The molecule has 2 unspecified atom stereocenters. The Hall–Kier alpha value is -1.10. The Labute approximate surface area is 113 Å². The molecule has 18 heavy (non-hydrogen) atoms. The molecule has 96 valence electrons. The number of anilines is 1. The summed E-state index contributed by atoms with van der Waals surface area (Å²) >= 11 is 3.18. The van der Waals surface area contributed by atoms with Crippen LogP contribution in [0.5, 0.6) is 0 Å². The molecule has 1 saturated carbocycles. The van der Waals surface area contributed by atoms with Crippen molar-refractivity contribution in [2.45, 2.75) is 32.2 Å². The highest BCUT2D eigenvalue weighted by molar-refractivity contribution is 9.10. The average Bonchev–Trinajstić information content (AvgIpc) is 2.83. The number of aromatic nitrogens is 2. The molecule has 0 radical (unpaired) electrons. The van der Waals surface area contributed by atoms with Crippen LogP contribution in [-0.4, -0.2) is 9.55 Å². The largest absolute Gasteiger partial charge is 0.369 e. The van der Waals surface area contributed by atoms with E-state index in [0.29, 0.717) is 22.4 Å². The smallest absolute Gasteiger partial charge is 0.201 e. The average molecular weight is 312 g/mol. The summed E-state index contributed by atoms with van der Waals surface area (Å²) in [5.41, 5.74) is 7.54. The molecule has 3 rings (SSSR count). The Morgan fingerprint density at radius 3 is 2.89 bits per heavy atom. The second kappa shape index (κ2) is 4.23. The summed E-state index contributed by atoms with van der Waals surface area (Å²) in [6, 6.07) is 3.56. The zero-order chi connectivity index (χ0) is 12.9. The minimum atomic E-state index is -0.269. The van der Waals surface area contributed by atoms with Gasteiger partial charge in [-0.15, -0.1) is 0 Å². The summed E-state index contributed by atoms with van der Waals surface area (Å²) in [6.07, 6.45) is 3.38. The maximum Gasteiger partial charge on any atom is 0.201 e. The Kier molecular flexibility index (Phi) is 2.81. The lowest BCUT2D eigenvalue weighted by atomic mass is 10.1. The van der Waals surface area contributed by atoms with Crippen molar-refractivity contribution in [1.29, 1.82) is 0 Å². The number of hydrogen-bond donors (Lipinski definition) is 1. The predicted molar refractivity (Wildman–Crippen MR) is 73.9 cm³/mol. The van der Waals surface area contributed by atoms with Crippen molar-refractivity contribution in [1.82, 2.24) is 9.55 Å². The molecular weight excluding hydrogens is 297 g/mol. The van der Waals surface area contributed by atoms with Gasteiger partial charge in [0, 0.05) is 12.1 Å². The third-order valence-corrected chi connectivity index (χ3v) is 4.40. The summed E-state index contributed by atoms with van der Waals surface area (Å²) < 4.78 is 16.1. The molecule has 0 aliphatic heterocycles. The topological polar surface area (TPSA) is 43.8 Å². The van der Waals surface area contributed by atoms with Crippen LogP contribution in [0.15, 0.2) is 16.6 Å². The maximum atomic E-state index is 13.7. The standard InChI is InChI=1S/C13H15BrFN3/c1-7-2-3-8(4-7)18-12-6-10(15)9(14)5-11(12)17-13(18)16/h5-8H,2-4H2,1H3,(H2,16,17). The number of halogens is 2. The number of nitrogen functional groups attached to an aromatic ring is 1. The van der Waals surface area contributed by atoms with Crippen molar-refractivity contribution >= 4 is 32.9 Å². The minimum Gasteiger partial charge on any atom is -0.369 e. The molecule has 1 aliphatic rings. The van der Waals surface area contributed by atoms with Gasteiger partial charge in [0.05, 0.1) is 15.5 Å². The highest BCUT2D eigenvalue weighted by Gasteiger charge is 2.26. The maximum absolute atomic E-state index is 13.7. The molecule has 2 aromatic rings. The van der Waals surface area contributed by atoms with Gasteiger partial charge in [0.1, 0.15) is 5.82 Å². The van der Waals surface area contributed by atoms with Crippen LogP contribution in [0, 0.1) is 11.7 Å². The fourth-order valence-corrected chi connectivity index (χ4v) is 3.24. The lowest BCUT2D eigenvalue weighted by molar-refractivity contribution is 0.509. The van der Waals surface area contributed by atoms with Gasteiger partial charge in [0.2, 0.25) is 5.95 Å². The molecule has 3 nitrogen and oxygen atoms in total. The molecule has 5 heteroatoms. The Morgan fingerprint density at radius 1 is 1.44 bits per heavy atom. The number of rotatable bonds is 1. The van der Waals surface area contributed by atoms with E-state index in [0.717, 1.165) is 23.9 Å². The fraction of sp³-hybridized carbons (Fsp3) is 0.462. The Morgan fingerprint density at radius 2 is 2.22 bits per heavy atom. The van der Waals surface area contributed by atoms with Gasteiger partial charge in [-0.25, -0.2) is 9.37 Å². The summed E-state index contributed by atoms with van der Waals surface area (Å²) in [6.45, 7) is 2.24. The molecule has 0 spiro atoms. The van der Waals surface area contributed by atoms with Crippen molar-refractivity contribution in [3.05, 3.63) is 22.4 Å². The van der Waals surface area contributed by atoms with Gasteiger partial charge in [-0.2, -0.15) is 0 Å². The molecule has 1 heterocycles. The minimum absolute atomic E-state index is 0.269. The molecule has 0 bridgehead atoms. The predicted octanol–water partition coefficient (Wildman–Crippen LogP) is 3.88. The number of benzene rings is 1. The van der Waals surface area contributed by atoms with Crippen LogP contribution in [-0.2, 0) is 0 Å². The van der Waals surface area contributed by atoms with E-state index in [4.69, 9.17) is 5.73 Å². The van der Waals surface area contributed by atoms with Crippen molar-refractivity contribution in [3.63, 3.8) is 0 Å². The Balaban J connectivity index is 2.16. The number of hydrogen-bond acceptors (Lipinski definition) is 2. The number of nitrogens with zero attached hydrogens (tertiary/aromatic N) is 2. The summed E-state index contributed by atoms with van der Waals surface area (Å²) in [5.74, 6) is 0.920. The first-order valence-corrected chi connectivity index (χ1v) is 6.98. The quantitative estimate of drug-likeness (QED) is 0.868. The first-order chi connectivity index (χ1) is 8.56. The van der Waals surface area contributed by atoms with E-state index in [1.165, 1.54) is 12.5 Å². The van der Waals surface area contributed by atoms with Crippen LogP contribution in [0.3, 0.4) is 0 Å². The summed E-state index contributed by atoms with van der Waals surface area (Å²) in [7, 11) is 0. The summed E-state index contributed by atoms with van der Waals surface area (Å²) in [4.78, 5) is 4.33. The van der Waals surface area contributed by atoms with Crippen LogP contribution < -0.4 is 5.73 Å². The van der Waals surface area contributed by atoms with E-state index in [2.05, 4.69) is 27.8 Å². The van der Waals surface area contributed by atoms with Crippen LogP contribution >= 0.6 is 15.9 Å². The molecule has 0 saturated heterocycles. The number of imidazole rings is 1. The van der Waals surface area contributed by atoms with E-state index in [-0.39, 0.29) is 5.82 Å². The molecule has 1 fully saturated rings. The van der Waals surface area contributed by atoms with Crippen molar-refractivity contribution in [3.8, 4) is 0 Å². The molecule has 1 aromatic heterocycles. The fourth-order valence-electron chi connectivity index (χ4n) is 2.90. The normalized spacial score (nSPS) is 23.9. The van der Waals surface area contributed by atoms with Gasteiger partial charge in [0.15, 0.2) is 0 Å². The zero-order valence-electron chi connectivity index (χ0n) is 10.2. The highest BCUT2D eigenvalue weighted by Crippen LogP contribution is 2.38. The molecule has 0 amide bonds. The second-order valence-electron chi connectivity index (χ2n) is 5.17. The van der Waals surface area contributed by atoms with E-state index in [9.17, 15) is 4.39 Å². The van der Waals surface area contributed by atoms with Crippen LogP contribution in [0.25, 0.3) is 11.0 Å². The van der Waals surface area contributed by atoms with Gasteiger partial charge >= 0.3 is 0 Å². The zero-order valence-corrected chi connectivity index (χ0v) is 11.7. The third kappa shape index (κ3) is 1.81. The van der Waals surface area contributed by atoms with E-state index in [1.54, 1.807) is 6.07 Å². The lowest BCUT2D eigenvalue weighted by Crippen LogP contribution is -2.09. The number of fused-ring (bicyclic) bond motifs is 1. The lowest BCUT2D eigenvalue weighted by Gasteiger charge is -2.14. The van der Waals surface area contributed by atoms with Crippen molar-refractivity contribution < 1.29 is 4.39 Å². The number of nitrogens with two attached hydrogens (primary N) is 1. The van der Waals surface area contributed by atoms with Crippen molar-refractivity contribution in [2.75, 3.05) is 5.73 Å². The second-order valence-corrected chi connectivity index (χ2v) is 6.02. The third-order valence-electron chi connectivity index (χ3n) is 3.79. The first kappa shape index (κ1) is 12.0. The SMILES string of the molecule is CC1CCC(n2c(N)nc3cc(Br)c(F)cc32)C1. The monoisotopic (exact) mass is 311 g/mol. The molecule has 1 aliphatic carbocycles. The first-order valence-electron chi connectivity index (χ1n) is 6.18. The van der Waals surface area contributed by atoms with Crippen LogP contribution in [0.1, 0.15) is 32.2 Å². The molecular formula is C13H15BrFN3. The Bertz CT molecular complexity index is 608. The van der Waals surface area contributed by atoms with E-state index >= 15 is 0 Å². The van der Waals surface area contributed by atoms with Crippen LogP contribution in [0.4, 0.5) is 10.3 Å². The van der Waals surface area contributed by atoms with E-state index in [1.807, 2.05) is 4.57 Å². The molecule has 2 N–H and O–H groups in total. The molecule has 1 aromatic carbocycles. The van der Waals surface area contributed by atoms with Gasteiger partial charge in [-0.3, -0.25) is 0 Å². The van der Waals surface area contributed by atoms with Gasteiger partial charge in [-0.1, -0.05) is 6.92 Å².